The Morgan fingerprint density at radius 3 is 2.67 bits per heavy atom. The van der Waals surface area contributed by atoms with Gasteiger partial charge in [-0.05, 0) is 32.9 Å². The second-order valence-corrected chi connectivity index (χ2v) is 6.60. The summed E-state index contributed by atoms with van der Waals surface area (Å²) < 4.78 is 5.52. The highest BCUT2D eigenvalue weighted by Crippen LogP contribution is 2.24. The molecule has 2 unspecified atom stereocenters. The van der Waals surface area contributed by atoms with Crippen molar-refractivity contribution in [1.29, 1.82) is 0 Å². The van der Waals surface area contributed by atoms with Crippen molar-refractivity contribution < 1.29 is 19.1 Å². The minimum absolute atomic E-state index is 0.00688. The number of nitrogens with zero attached hydrogens (tertiary/aromatic N) is 2. The third-order valence-corrected chi connectivity index (χ3v) is 4.60. The number of ether oxygens (including phenoxy) is 1. The topological polar surface area (TPSA) is 66.9 Å². The highest BCUT2D eigenvalue weighted by atomic mass is 16.5. The normalized spacial score (nSPS) is 23.6. The number of hydrogen-bond acceptors (Lipinski definition) is 4. The molecule has 1 aromatic carbocycles. The smallest absolute Gasteiger partial charge is 0.261 e. The lowest BCUT2D eigenvalue weighted by Crippen LogP contribution is -2.50. The Bertz CT molecular complexity index is 700. The minimum atomic E-state index is -0.314. The molecule has 0 N–H and O–H groups in total. The largest absolute Gasteiger partial charge is 0.375 e. The molecule has 3 amide bonds. The van der Waals surface area contributed by atoms with Gasteiger partial charge >= 0.3 is 0 Å². The SMILES string of the molecule is Cc1ccc2c(c1)C(=O)N(CCC(=O)N1CC(C)OCC1C)C2=O. The lowest BCUT2D eigenvalue weighted by Gasteiger charge is -2.37. The van der Waals surface area contributed by atoms with Crippen LogP contribution in [0.2, 0.25) is 0 Å². The molecule has 2 atom stereocenters. The molecule has 1 saturated heterocycles. The lowest BCUT2D eigenvalue weighted by molar-refractivity contribution is -0.143. The van der Waals surface area contributed by atoms with Crippen LogP contribution in [0, 0.1) is 6.92 Å². The van der Waals surface area contributed by atoms with E-state index >= 15 is 0 Å². The Labute approximate surface area is 141 Å². The van der Waals surface area contributed by atoms with E-state index in [9.17, 15) is 14.4 Å². The van der Waals surface area contributed by atoms with Crippen LogP contribution in [0.25, 0.3) is 0 Å². The zero-order valence-electron chi connectivity index (χ0n) is 14.2. The maximum absolute atomic E-state index is 12.5. The number of amides is 3. The average Bonchev–Trinajstić information content (AvgIpc) is 2.78. The van der Waals surface area contributed by atoms with E-state index in [1.54, 1.807) is 17.0 Å². The summed E-state index contributed by atoms with van der Waals surface area (Å²) in [5.74, 6) is -0.675. The third kappa shape index (κ3) is 2.94. The molecule has 6 nitrogen and oxygen atoms in total. The fourth-order valence-corrected chi connectivity index (χ4v) is 3.21. The molecule has 2 heterocycles. The first kappa shape index (κ1) is 16.6. The molecule has 2 aliphatic rings. The van der Waals surface area contributed by atoms with Gasteiger partial charge in [0.05, 0.1) is 29.9 Å². The standard InChI is InChI=1S/C18H22N2O4/c1-11-4-5-14-15(8-11)18(23)19(17(14)22)7-6-16(21)20-9-13(3)24-10-12(20)2/h4-5,8,12-13H,6-7,9-10H2,1-3H3. The summed E-state index contributed by atoms with van der Waals surface area (Å²) in [5.41, 5.74) is 1.79. The monoisotopic (exact) mass is 330 g/mol. The first-order chi connectivity index (χ1) is 11.4. The van der Waals surface area contributed by atoms with Crippen molar-refractivity contribution in [3.05, 3.63) is 34.9 Å². The van der Waals surface area contributed by atoms with Crippen LogP contribution in [-0.4, -0.2) is 59.4 Å². The maximum Gasteiger partial charge on any atom is 0.261 e. The van der Waals surface area contributed by atoms with Crippen molar-refractivity contribution in [3.8, 4) is 0 Å². The van der Waals surface area contributed by atoms with Crippen molar-refractivity contribution in [2.45, 2.75) is 39.3 Å². The van der Waals surface area contributed by atoms with Gasteiger partial charge in [0.25, 0.3) is 11.8 Å². The van der Waals surface area contributed by atoms with Crippen LogP contribution in [0.15, 0.2) is 18.2 Å². The van der Waals surface area contributed by atoms with Crippen molar-refractivity contribution in [2.24, 2.45) is 0 Å². The van der Waals surface area contributed by atoms with E-state index < -0.39 is 0 Å². The summed E-state index contributed by atoms with van der Waals surface area (Å²) in [4.78, 5) is 40.2. The van der Waals surface area contributed by atoms with E-state index in [-0.39, 0.29) is 42.8 Å². The molecule has 6 heteroatoms. The van der Waals surface area contributed by atoms with Crippen LogP contribution in [0.4, 0.5) is 0 Å². The van der Waals surface area contributed by atoms with E-state index in [2.05, 4.69) is 0 Å². The molecule has 3 rings (SSSR count). The number of aryl methyl sites for hydroxylation is 1. The van der Waals surface area contributed by atoms with Crippen LogP contribution in [-0.2, 0) is 9.53 Å². The summed E-state index contributed by atoms with van der Waals surface area (Å²) >= 11 is 0. The van der Waals surface area contributed by atoms with Gasteiger partial charge in [0.2, 0.25) is 5.91 Å². The molecule has 0 bridgehead atoms. The number of hydrogen-bond donors (Lipinski definition) is 0. The van der Waals surface area contributed by atoms with E-state index in [1.807, 2.05) is 26.8 Å². The van der Waals surface area contributed by atoms with E-state index in [0.29, 0.717) is 24.3 Å². The quantitative estimate of drug-likeness (QED) is 0.790. The Hall–Kier alpha value is -2.21. The fraction of sp³-hybridized carbons (Fsp3) is 0.500. The maximum atomic E-state index is 12.5. The molecule has 1 fully saturated rings. The number of carbonyl (C=O) groups is 3. The summed E-state index contributed by atoms with van der Waals surface area (Å²) in [6.07, 6.45) is 0.147. The predicted octanol–water partition coefficient (Wildman–Crippen LogP) is 1.62. The Kier molecular flexibility index (Phi) is 4.41. The van der Waals surface area contributed by atoms with Gasteiger partial charge < -0.3 is 9.64 Å². The average molecular weight is 330 g/mol. The molecule has 0 radical (unpaired) electrons. The molecule has 24 heavy (non-hydrogen) atoms. The molecule has 0 aromatic heterocycles. The van der Waals surface area contributed by atoms with E-state index in [0.717, 1.165) is 5.56 Å². The minimum Gasteiger partial charge on any atom is -0.375 e. The number of fused-ring (bicyclic) bond motifs is 1. The zero-order chi connectivity index (χ0) is 17.4. The lowest BCUT2D eigenvalue weighted by atomic mass is 10.1. The van der Waals surface area contributed by atoms with Crippen molar-refractivity contribution in [2.75, 3.05) is 19.7 Å². The molecule has 1 aromatic rings. The van der Waals surface area contributed by atoms with Gasteiger partial charge in [-0.2, -0.15) is 0 Å². The first-order valence-corrected chi connectivity index (χ1v) is 8.26. The molecule has 0 saturated carbocycles. The van der Waals surface area contributed by atoms with Crippen molar-refractivity contribution >= 4 is 17.7 Å². The predicted molar refractivity (Wildman–Crippen MR) is 87.8 cm³/mol. The van der Waals surface area contributed by atoms with Crippen LogP contribution in [0.3, 0.4) is 0 Å². The summed E-state index contributed by atoms with van der Waals surface area (Å²) in [6, 6.07) is 5.23. The second kappa shape index (κ2) is 6.36. The Morgan fingerprint density at radius 1 is 1.21 bits per heavy atom. The van der Waals surface area contributed by atoms with E-state index in [4.69, 9.17) is 4.74 Å². The Balaban J connectivity index is 1.66. The number of imide groups is 1. The van der Waals surface area contributed by atoms with Gasteiger partial charge in [-0.15, -0.1) is 0 Å². The van der Waals surface area contributed by atoms with Crippen molar-refractivity contribution in [1.82, 2.24) is 9.80 Å². The molecule has 0 spiro atoms. The van der Waals surface area contributed by atoms with Gasteiger partial charge in [-0.3, -0.25) is 19.3 Å². The van der Waals surface area contributed by atoms with Gasteiger partial charge in [0, 0.05) is 19.5 Å². The summed E-state index contributed by atoms with van der Waals surface area (Å²) in [5, 5.41) is 0. The molecule has 128 valence electrons. The molecular weight excluding hydrogens is 308 g/mol. The fourth-order valence-electron chi connectivity index (χ4n) is 3.21. The summed E-state index contributed by atoms with van der Waals surface area (Å²) in [6.45, 7) is 6.92. The first-order valence-electron chi connectivity index (χ1n) is 8.26. The molecule has 2 aliphatic heterocycles. The number of rotatable bonds is 3. The van der Waals surface area contributed by atoms with Crippen LogP contribution in [0.5, 0.6) is 0 Å². The van der Waals surface area contributed by atoms with Crippen LogP contribution >= 0.6 is 0 Å². The summed E-state index contributed by atoms with van der Waals surface area (Å²) in [7, 11) is 0. The highest BCUT2D eigenvalue weighted by molar-refractivity contribution is 6.21. The van der Waals surface area contributed by atoms with Gasteiger partial charge in [0.1, 0.15) is 0 Å². The Morgan fingerprint density at radius 2 is 1.92 bits per heavy atom. The van der Waals surface area contributed by atoms with E-state index in [1.165, 1.54) is 4.90 Å². The highest BCUT2D eigenvalue weighted by Gasteiger charge is 2.36. The van der Waals surface area contributed by atoms with Crippen LogP contribution in [0.1, 0.15) is 46.5 Å². The van der Waals surface area contributed by atoms with Gasteiger partial charge in [-0.1, -0.05) is 11.6 Å². The third-order valence-electron chi connectivity index (χ3n) is 4.60. The second-order valence-electron chi connectivity index (χ2n) is 6.60. The molecule has 0 aliphatic carbocycles. The van der Waals surface area contributed by atoms with Gasteiger partial charge in [0.15, 0.2) is 0 Å². The number of morpholine rings is 1. The van der Waals surface area contributed by atoms with Crippen LogP contribution < -0.4 is 0 Å². The number of carbonyl (C=O) groups excluding carboxylic acids is 3. The number of benzene rings is 1. The van der Waals surface area contributed by atoms with Crippen molar-refractivity contribution in [3.63, 3.8) is 0 Å². The van der Waals surface area contributed by atoms with Gasteiger partial charge in [-0.25, -0.2) is 0 Å². The molecular formula is C18H22N2O4. The zero-order valence-corrected chi connectivity index (χ0v) is 14.2.